The van der Waals surface area contributed by atoms with E-state index in [0.717, 1.165) is 4.90 Å². The molecule has 0 aromatic heterocycles. The lowest BCUT2D eigenvalue weighted by atomic mass is 9.90. The molecule has 0 spiro atoms. The summed E-state index contributed by atoms with van der Waals surface area (Å²) in [5.41, 5.74) is -2.32. The molecule has 0 saturated carbocycles. The van der Waals surface area contributed by atoms with Crippen molar-refractivity contribution in [2.45, 2.75) is 18.9 Å². The average molecular weight is 286 g/mol. The molecule has 1 aliphatic heterocycles. The topological polar surface area (TPSA) is 83.7 Å². The van der Waals surface area contributed by atoms with Gasteiger partial charge in [0.1, 0.15) is 5.56 Å². The number of hydrogen-bond acceptors (Lipinski definition) is 4. The van der Waals surface area contributed by atoms with Gasteiger partial charge in [0.2, 0.25) is 0 Å². The molecule has 20 heavy (non-hydrogen) atoms. The number of nitro groups is 1. The first-order chi connectivity index (χ1) is 9.27. The van der Waals surface area contributed by atoms with Crippen LogP contribution in [0.15, 0.2) is 12.1 Å². The van der Waals surface area contributed by atoms with Crippen LogP contribution < -0.4 is 0 Å². The number of nitrogens with zero attached hydrogens (tertiary/aromatic N) is 2. The van der Waals surface area contributed by atoms with Crippen LogP contribution in [0.5, 0.6) is 0 Å². The van der Waals surface area contributed by atoms with Crippen molar-refractivity contribution in [1.29, 1.82) is 0 Å². The molecule has 1 N–H and O–H groups in total. The fourth-order valence-corrected chi connectivity index (χ4v) is 2.06. The molecular weight excluding hydrogens is 274 g/mol. The molecule has 1 fully saturated rings. The largest absolute Gasteiger partial charge is 0.386 e. The van der Waals surface area contributed by atoms with Crippen LogP contribution in [0.4, 0.5) is 14.5 Å². The highest BCUT2D eigenvalue weighted by Gasteiger charge is 2.43. The van der Waals surface area contributed by atoms with Gasteiger partial charge in [-0.2, -0.15) is 0 Å². The Morgan fingerprint density at radius 3 is 2.50 bits per heavy atom. The van der Waals surface area contributed by atoms with Crippen molar-refractivity contribution < 1.29 is 23.6 Å². The van der Waals surface area contributed by atoms with Crippen molar-refractivity contribution in [2.24, 2.45) is 0 Å². The minimum absolute atomic E-state index is 0.0124. The molecule has 1 amide bonds. The van der Waals surface area contributed by atoms with Crippen LogP contribution >= 0.6 is 0 Å². The number of carbonyl (C=O) groups is 1. The molecule has 0 radical (unpaired) electrons. The highest BCUT2D eigenvalue weighted by Crippen LogP contribution is 2.29. The molecule has 0 atom stereocenters. The molecule has 0 unspecified atom stereocenters. The Balaban J connectivity index is 2.31. The third-order valence-corrected chi connectivity index (χ3v) is 3.38. The van der Waals surface area contributed by atoms with Gasteiger partial charge in [-0.1, -0.05) is 6.92 Å². The van der Waals surface area contributed by atoms with Gasteiger partial charge in [-0.05, 0) is 12.5 Å². The number of nitro benzene ring substituents is 1. The van der Waals surface area contributed by atoms with Gasteiger partial charge in [0.25, 0.3) is 11.6 Å². The Morgan fingerprint density at radius 1 is 1.45 bits per heavy atom. The van der Waals surface area contributed by atoms with Gasteiger partial charge in [0.05, 0.1) is 29.7 Å². The van der Waals surface area contributed by atoms with Crippen LogP contribution in [0.25, 0.3) is 0 Å². The Hall–Kier alpha value is -2.09. The van der Waals surface area contributed by atoms with Crippen LogP contribution in [-0.4, -0.2) is 39.5 Å². The lowest BCUT2D eigenvalue weighted by molar-refractivity contribution is -0.385. The SMILES string of the molecule is CCC1(O)CN(C(=O)c2cc(F)c(F)cc2[N+](=O)[O-])C1. The minimum atomic E-state index is -1.39. The first-order valence-corrected chi connectivity index (χ1v) is 5.92. The smallest absolute Gasteiger partial charge is 0.285 e. The second-order valence-electron chi connectivity index (χ2n) is 4.78. The van der Waals surface area contributed by atoms with E-state index in [1.54, 1.807) is 6.92 Å². The third-order valence-electron chi connectivity index (χ3n) is 3.38. The number of hydrogen-bond donors (Lipinski definition) is 1. The fourth-order valence-electron chi connectivity index (χ4n) is 2.06. The summed E-state index contributed by atoms with van der Waals surface area (Å²) in [4.78, 5) is 23.1. The van der Waals surface area contributed by atoms with Gasteiger partial charge >= 0.3 is 0 Å². The van der Waals surface area contributed by atoms with E-state index >= 15 is 0 Å². The number of carbonyl (C=O) groups excluding carboxylic acids is 1. The number of halogens is 2. The van der Waals surface area contributed by atoms with E-state index in [4.69, 9.17) is 0 Å². The van der Waals surface area contributed by atoms with Crippen LogP contribution in [0.2, 0.25) is 0 Å². The summed E-state index contributed by atoms with van der Waals surface area (Å²) in [5, 5.41) is 20.6. The molecule has 1 heterocycles. The molecule has 1 aliphatic rings. The summed E-state index contributed by atoms with van der Waals surface area (Å²) in [5.74, 6) is -3.51. The quantitative estimate of drug-likeness (QED) is 0.673. The molecule has 0 aliphatic carbocycles. The second-order valence-corrected chi connectivity index (χ2v) is 4.78. The number of rotatable bonds is 3. The van der Waals surface area contributed by atoms with Crippen LogP contribution in [0.3, 0.4) is 0 Å². The van der Waals surface area contributed by atoms with E-state index in [1.807, 2.05) is 0 Å². The zero-order valence-electron chi connectivity index (χ0n) is 10.6. The van der Waals surface area contributed by atoms with E-state index in [0.29, 0.717) is 18.6 Å². The van der Waals surface area contributed by atoms with E-state index in [9.17, 15) is 28.8 Å². The summed E-state index contributed by atoms with van der Waals surface area (Å²) < 4.78 is 26.2. The first kappa shape index (κ1) is 14.3. The second kappa shape index (κ2) is 4.78. The van der Waals surface area contributed by atoms with Crippen molar-refractivity contribution in [3.8, 4) is 0 Å². The first-order valence-electron chi connectivity index (χ1n) is 5.92. The summed E-state index contributed by atoms with van der Waals surface area (Å²) in [6.45, 7) is 1.76. The highest BCUT2D eigenvalue weighted by molar-refractivity contribution is 5.98. The monoisotopic (exact) mass is 286 g/mol. The number of benzene rings is 1. The number of β-amino-alcohol motifs (C(OH)–C–C–N with tert-alkyl or cyclic N) is 1. The Bertz CT molecular complexity index is 585. The highest BCUT2D eigenvalue weighted by atomic mass is 19.2. The van der Waals surface area contributed by atoms with Crippen LogP contribution in [-0.2, 0) is 0 Å². The normalized spacial score (nSPS) is 16.7. The van der Waals surface area contributed by atoms with E-state index in [2.05, 4.69) is 0 Å². The van der Waals surface area contributed by atoms with Gasteiger partial charge in [-0.3, -0.25) is 14.9 Å². The molecular formula is C12H12F2N2O4. The number of amides is 1. The van der Waals surface area contributed by atoms with Crippen LogP contribution in [0.1, 0.15) is 23.7 Å². The van der Waals surface area contributed by atoms with Crippen molar-refractivity contribution in [3.63, 3.8) is 0 Å². The summed E-state index contributed by atoms with van der Waals surface area (Å²) in [7, 11) is 0. The predicted molar refractivity (Wildman–Crippen MR) is 64.2 cm³/mol. The van der Waals surface area contributed by atoms with Crippen molar-refractivity contribution in [1.82, 2.24) is 4.90 Å². The minimum Gasteiger partial charge on any atom is -0.386 e. The van der Waals surface area contributed by atoms with E-state index in [1.165, 1.54) is 0 Å². The van der Waals surface area contributed by atoms with Crippen molar-refractivity contribution in [2.75, 3.05) is 13.1 Å². The molecule has 1 aromatic rings. The maximum atomic E-state index is 13.2. The summed E-state index contributed by atoms with van der Waals surface area (Å²) in [6.07, 6.45) is 0.427. The van der Waals surface area contributed by atoms with E-state index < -0.39 is 39.3 Å². The summed E-state index contributed by atoms with van der Waals surface area (Å²) >= 11 is 0. The maximum Gasteiger partial charge on any atom is 0.285 e. The molecule has 8 heteroatoms. The van der Waals surface area contributed by atoms with Gasteiger partial charge in [0, 0.05) is 0 Å². The van der Waals surface area contributed by atoms with Gasteiger partial charge in [-0.15, -0.1) is 0 Å². The lowest BCUT2D eigenvalue weighted by Gasteiger charge is -2.45. The Kier molecular flexibility index (Phi) is 3.43. The molecule has 108 valence electrons. The molecule has 0 bridgehead atoms. The maximum absolute atomic E-state index is 13.2. The Labute approximate surface area is 112 Å². The zero-order chi connectivity index (χ0) is 15.1. The fraction of sp³-hybridized carbons (Fsp3) is 0.417. The van der Waals surface area contributed by atoms with Gasteiger partial charge < -0.3 is 10.0 Å². The molecule has 1 aromatic carbocycles. The van der Waals surface area contributed by atoms with E-state index in [-0.39, 0.29) is 13.1 Å². The molecule has 6 nitrogen and oxygen atoms in total. The number of likely N-dealkylation sites (tertiary alicyclic amines) is 1. The van der Waals surface area contributed by atoms with Crippen LogP contribution in [0, 0.1) is 21.7 Å². The predicted octanol–water partition coefficient (Wildman–Crippen LogP) is 1.47. The lowest BCUT2D eigenvalue weighted by Crippen LogP contribution is -2.63. The number of aliphatic hydroxyl groups is 1. The average Bonchev–Trinajstić information content (AvgIpc) is 2.36. The molecule has 1 saturated heterocycles. The third kappa shape index (κ3) is 2.34. The summed E-state index contributed by atoms with van der Waals surface area (Å²) in [6, 6.07) is 0.896. The molecule has 2 rings (SSSR count). The van der Waals surface area contributed by atoms with Gasteiger partial charge in [0.15, 0.2) is 11.6 Å². The zero-order valence-corrected chi connectivity index (χ0v) is 10.6. The van der Waals surface area contributed by atoms with Crippen molar-refractivity contribution in [3.05, 3.63) is 39.4 Å². The Morgan fingerprint density at radius 2 is 2.00 bits per heavy atom. The van der Waals surface area contributed by atoms with Crippen molar-refractivity contribution >= 4 is 11.6 Å². The standard InChI is InChI=1S/C12H12F2N2O4/c1-2-12(18)5-15(6-12)11(17)7-3-8(13)9(14)4-10(7)16(19)20/h3-4,18H,2,5-6H2,1H3. The van der Waals surface area contributed by atoms with Gasteiger partial charge in [-0.25, -0.2) is 8.78 Å².